The van der Waals surface area contributed by atoms with Crippen molar-refractivity contribution in [2.45, 2.75) is 25.9 Å². The van der Waals surface area contributed by atoms with Crippen molar-refractivity contribution < 1.29 is 23.8 Å². The molecule has 1 aromatic carbocycles. The number of hydrogen-bond acceptors (Lipinski definition) is 9. The smallest absolute Gasteiger partial charge is 0.338 e. The lowest BCUT2D eigenvalue weighted by atomic mass is 9.93. The number of carbonyl (C=O) groups is 2. The van der Waals surface area contributed by atoms with Crippen LogP contribution in [0.5, 0.6) is 11.5 Å². The number of hydrogen-bond donors (Lipinski definition) is 1. The van der Waals surface area contributed by atoms with Gasteiger partial charge in [0.25, 0.3) is 0 Å². The number of allylic oxidation sites excluding steroid dienone is 1. The number of amides is 1. The number of ether oxygens (including phenoxy) is 3. The van der Waals surface area contributed by atoms with Gasteiger partial charge in [0.05, 0.1) is 38.0 Å². The topological polar surface area (TPSA) is 102 Å². The molecule has 1 aromatic heterocycles. The standard InChI is InChI=1S/C27H28N4O5S/c1-5-9-36-26(33)24-17(2)30-27-31(25(24)19-10-21(34-3)13-22(11-19)35-4)20(16-37-27)12-23(32)29-15-18-7-6-8-28-14-18/h5-8,10-11,13-14,16,25H,1,9,12,15H2,2-4H3,(H,29,32)/t25-/m0/s1. The second-order valence-electron chi connectivity index (χ2n) is 8.24. The Kier molecular flexibility index (Phi) is 8.29. The van der Waals surface area contributed by atoms with Gasteiger partial charge in [0, 0.05) is 30.7 Å². The van der Waals surface area contributed by atoms with Crippen LogP contribution in [-0.4, -0.2) is 47.8 Å². The van der Waals surface area contributed by atoms with E-state index in [1.165, 1.54) is 17.8 Å². The summed E-state index contributed by atoms with van der Waals surface area (Å²) in [6.45, 7) is 5.84. The van der Waals surface area contributed by atoms with Crippen LogP contribution in [0.2, 0.25) is 0 Å². The number of benzene rings is 1. The molecule has 2 aliphatic heterocycles. The first-order chi connectivity index (χ1) is 17.9. The molecule has 0 radical (unpaired) electrons. The second kappa shape index (κ2) is 11.8. The molecular formula is C27H28N4O5S. The predicted octanol–water partition coefficient (Wildman–Crippen LogP) is 4.11. The fraction of sp³-hybridized carbons (Fsp3) is 0.259. The van der Waals surface area contributed by atoms with Crippen molar-refractivity contribution in [3.63, 3.8) is 0 Å². The molecule has 2 aliphatic rings. The number of esters is 1. The van der Waals surface area contributed by atoms with Crippen LogP contribution in [0, 0.1) is 0 Å². The number of fused-ring (bicyclic) bond motifs is 1. The molecule has 0 bridgehead atoms. The van der Waals surface area contributed by atoms with Crippen molar-refractivity contribution in [1.29, 1.82) is 0 Å². The van der Waals surface area contributed by atoms with Crippen molar-refractivity contribution in [3.8, 4) is 11.5 Å². The first-order valence-electron chi connectivity index (χ1n) is 11.6. The van der Waals surface area contributed by atoms with Crippen molar-refractivity contribution in [2.75, 3.05) is 20.8 Å². The van der Waals surface area contributed by atoms with E-state index in [1.807, 2.05) is 34.6 Å². The Morgan fingerprint density at radius 1 is 1.22 bits per heavy atom. The Morgan fingerprint density at radius 3 is 2.62 bits per heavy atom. The molecule has 3 heterocycles. The quantitative estimate of drug-likeness (QED) is 0.369. The number of nitrogens with one attached hydrogen (secondary N) is 1. The number of methoxy groups -OCH3 is 2. The molecule has 1 atom stereocenters. The lowest BCUT2D eigenvalue weighted by Gasteiger charge is -2.36. The number of aromatic nitrogens is 1. The number of rotatable bonds is 10. The maximum atomic E-state index is 13.2. The van der Waals surface area contributed by atoms with Crippen LogP contribution in [0.3, 0.4) is 0 Å². The van der Waals surface area contributed by atoms with Gasteiger partial charge < -0.3 is 24.4 Å². The average molecular weight is 521 g/mol. The Labute approximate surface area is 219 Å². The summed E-state index contributed by atoms with van der Waals surface area (Å²) in [6.07, 6.45) is 5.00. The summed E-state index contributed by atoms with van der Waals surface area (Å²) in [5.41, 5.74) is 3.25. The van der Waals surface area contributed by atoms with Crippen LogP contribution in [0.1, 0.15) is 30.5 Å². The van der Waals surface area contributed by atoms with E-state index < -0.39 is 12.0 Å². The summed E-state index contributed by atoms with van der Waals surface area (Å²) in [5, 5.41) is 5.49. The van der Waals surface area contributed by atoms with E-state index in [2.05, 4.69) is 21.9 Å². The molecular weight excluding hydrogens is 492 g/mol. The highest BCUT2D eigenvalue weighted by molar-refractivity contribution is 8.16. The normalized spacial score (nSPS) is 16.4. The number of amidine groups is 1. The van der Waals surface area contributed by atoms with Crippen LogP contribution < -0.4 is 14.8 Å². The molecule has 9 nitrogen and oxygen atoms in total. The fourth-order valence-corrected chi connectivity index (χ4v) is 5.04. The third kappa shape index (κ3) is 5.86. The monoisotopic (exact) mass is 520 g/mol. The molecule has 1 amide bonds. The van der Waals surface area contributed by atoms with Crippen LogP contribution in [0.15, 0.2) is 82.7 Å². The number of carbonyl (C=O) groups excluding carboxylic acids is 2. The number of nitrogens with zero attached hydrogens (tertiary/aromatic N) is 3. The third-order valence-corrected chi connectivity index (χ3v) is 6.69. The molecule has 4 rings (SSSR count). The molecule has 37 heavy (non-hydrogen) atoms. The van der Waals surface area contributed by atoms with E-state index in [-0.39, 0.29) is 18.9 Å². The number of pyridine rings is 1. The van der Waals surface area contributed by atoms with E-state index in [0.29, 0.717) is 40.2 Å². The maximum absolute atomic E-state index is 13.2. The minimum Gasteiger partial charge on any atom is -0.497 e. The lowest BCUT2D eigenvalue weighted by Crippen LogP contribution is -2.38. The van der Waals surface area contributed by atoms with Gasteiger partial charge in [-0.25, -0.2) is 9.79 Å². The number of thioether (sulfide) groups is 1. The van der Waals surface area contributed by atoms with E-state index in [4.69, 9.17) is 14.2 Å². The Hall–Kier alpha value is -4.05. The van der Waals surface area contributed by atoms with Crippen molar-refractivity contribution in [3.05, 3.63) is 88.9 Å². The highest BCUT2D eigenvalue weighted by Crippen LogP contribution is 2.46. The lowest BCUT2D eigenvalue weighted by molar-refractivity contribution is -0.138. The summed E-state index contributed by atoms with van der Waals surface area (Å²) in [4.78, 5) is 36.8. The Morgan fingerprint density at radius 2 is 1.97 bits per heavy atom. The van der Waals surface area contributed by atoms with Gasteiger partial charge in [-0.3, -0.25) is 9.78 Å². The fourth-order valence-electron chi connectivity index (χ4n) is 4.08. The molecule has 0 unspecified atom stereocenters. The van der Waals surface area contributed by atoms with E-state index in [1.54, 1.807) is 39.6 Å². The van der Waals surface area contributed by atoms with E-state index in [9.17, 15) is 9.59 Å². The van der Waals surface area contributed by atoms with Gasteiger partial charge in [0.2, 0.25) is 5.91 Å². The molecule has 2 aromatic rings. The predicted molar refractivity (Wildman–Crippen MR) is 142 cm³/mol. The molecule has 10 heteroatoms. The molecule has 0 saturated heterocycles. The first-order valence-corrected chi connectivity index (χ1v) is 12.4. The minimum atomic E-state index is -0.610. The zero-order valence-electron chi connectivity index (χ0n) is 20.9. The summed E-state index contributed by atoms with van der Waals surface area (Å²) < 4.78 is 16.4. The van der Waals surface area contributed by atoms with Gasteiger partial charge in [-0.1, -0.05) is 30.5 Å². The summed E-state index contributed by atoms with van der Waals surface area (Å²) in [5.74, 6) is 0.466. The van der Waals surface area contributed by atoms with Crippen LogP contribution in [-0.2, 0) is 20.9 Å². The van der Waals surface area contributed by atoms with Crippen LogP contribution in [0.25, 0.3) is 0 Å². The largest absolute Gasteiger partial charge is 0.497 e. The highest BCUT2D eigenvalue weighted by Gasteiger charge is 2.41. The summed E-state index contributed by atoms with van der Waals surface area (Å²) in [7, 11) is 3.13. The maximum Gasteiger partial charge on any atom is 0.338 e. The SMILES string of the molecule is C=CCOC(=O)C1=C(C)N=C2SC=C(CC(=O)NCc3cccnc3)N2[C@H]1c1cc(OC)cc(OC)c1. The summed E-state index contributed by atoms with van der Waals surface area (Å²) >= 11 is 1.40. The van der Waals surface area contributed by atoms with Crippen molar-refractivity contribution >= 4 is 28.8 Å². The van der Waals surface area contributed by atoms with Crippen LogP contribution >= 0.6 is 11.8 Å². The van der Waals surface area contributed by atoms with Gasteiger partial charge in [0.1, 0.15) is 18.1 Å². The van der Waals surface area contributed by atoms with Gasteiger partial charge >= 0.3 is 5.97 Å². The molecule has 0 aliphatic carbocycles. The van der Waals surface area contributed by atoms with Gasteiger partial charge in [0.15, 0.2) is 5.17 Å². The first kappa shape index (κ1) is 26.0. The molecule has 0 spiro atoms. The van der Waals surface area contributed by atoms with Gasteiger partial charge in [-0.15, -0.1) is 0 Å². The van der Waals surface area contributed by atoms with Gasteiger partial charge in [-0.2, -0.15) is 0 Å². The second-order valence-corrected chi connectivity index (χ2v) is 9.08. The molecule has 0 saturated carbocycles. The average Bonchev–Trinajstić information content (AvgIpc) is 3.31. The van der Waals surface area contributed by atoms with Crippen molar-refractivity contribution in [2.24, 2.45) is 4.99 Å². The zero-order chi connectivity index (χ0) is 26.4. The Bertz CT molecular complexity index is 1270. The van der Waals surface area contributed by atoms with Crippen LogP contribution in [0.4, 0.5) is 0 Å². The Balaban J connectivity index is 1.68. The highest BCUT2D eigenvalue weighted by atomic mass is 32.2. The van der Waals surface area contributed by atoms with Gasteiger partial charge in [-0.05, 0) is 41.7 Å². The molecule has 192 valence electrons. The van der Waals surface area contributed by atoms with E-state index >= 15 is 0 Å². The molecule has 0 fully saturated rings. The third-order valence-electron chi connectivity index (χ3n) is 5.80. The van der Waals surface area contributed by atoms with Crippen molar-refractivity contribution in [1.82, 2.24) is 15.2 Å². The van der Waals surface area contributed by atoms with E-state index in [0.717, 1.165) is 11.1 Å². The minimum absolute atomic E-state index is 0.0640. The zero-order valence-corrected chi connectivity index (χ0v) is 21.7. The molecule has 1 N–H and O–H groups in total. The summed E-state index contributed by atoms with van der Waals surface area (Å²) in [6, 6.07) is 8.55. The number of aliphatic imine (C=N–C) groups is 1.